The second-order valence-electron chi connectivity index (χ2n) is 4.92. The maximum Gasteiger partial charge on any atom is 0.230 e. The molecule has 0 saturated heterocycles. The van der Waals surface area contributed by atoms with Crippen molar-refractivity contribution in [3.05, 3.63) is 0 Å². The molecule has 0 aromatic rings. The van der Waals surface area contributed by atoms with E-state index in [1.165, 1.54) is 11.8 Å². The molecule has 1 unspecified atom stereocenters. The van der Waals surface area contributed by atoms with E-state index >= 15 is 0 Å². The maximum absolute atomic E-state index is 11.5. The van der Waals surface area contributed by atoms with Crippen LogP contribution < -0.4 is 5.32 Å². The Kier molecular flexibility index (Phi) is 8.64. The van der Waals surface area contributed by atoms with Gasteiger partial charge in [-0.15, -0.1) is 11.8 Å². The third-order valence-corrected chi connectivity index (χ3v) is 3.10. The van der Waals surface area contributed by atoms with E-state index in [-0.39, 0.29) is 5.91 Å². The Balaban J connectivity index is 3.68. The predicted molar refractivity (Wildman–Crippen MR) is 72.3 cm³/mol. The molecule has 2 N–H and O–H groups in total. The zero-order valence-corrected chi connectivity index (χ0v) is 12.1. The molecule has 0 aromatic carbocycles. The molecule has 17 heavy (non-hydrogen) atoms. The van der Waals surface area contributed by atoms with Gasteiger partial charge in [-0.05, 0) is 19.3 Å². The SMILES string of the molecule is COCCSCC(=O)NCC(C)(O)CC(C)C. The van der Waals surface area contributed by atoms with Gasteiger partial charge >= 0.3 is 0 Å². The molecule has 0 radical (unpaired) electrons. The fourth-order valence-electron chi connectivity index (χ4n) is 1.60. The Morgan fingerprint density at radius 3 is 2.71 bits per heavy atom. The first-order chi connectivity index (χ1) is 7.87. The lowest BCUT2D eigenvalue weighted by Crippen LogP contribution is -2.42. The van der Waals surface area contributed by atoms with Gasteiger partial charge in [-0.2, -0.15) is 0 Å². The van der Waals surface area contributed by atoms with Crippen molar-refractivity contribution in [1.82, 2.24) is 5.32 Å². The van der Waals surface area contributed by atoms with Gasteiger partial charge in [0.25, 0.3) is 0 Å². The molecule has 0 heterocycles. The van der Waals surface area contributed by atoms with Crippen molar-refractivity contribution in [2.75, 3.05) is 31.8 Å². The average Bonchev–Trinajstić information content (AvgIpc) is 2.20. The van der Waals surface area contributed by atoms with Crippen molar-refractivity contribution < 1.29 is 14.6 Å². The zero-order chi connectivity index (χ0) is 13.3. The topological polar surface area (TPSA) is 58.6 Å². The van der Waals surface area contributed by atoms with E-state index in [2.05, 4.69) is 19.2 Å². The first kappa shape index (κ1) is 16.7. The number of thioether (sulfide) groups is 1. The molecule has 4 nitrogen and oxygen atoms in total. The van der Waals surface area contributed by atoms with Gasteiger partial charge in [-0.25, -0.2) is 0 Å². The van der Waals surface area contributed by atoms with Gasteiger partial charge < -0.3 is 15.2 Å². The maximum atomic E-state index is 11.5. The van der Waals surface area contributed by atoms with Crippen LogP contribution in [0, 0.1) is 5.92 Å². The molecule has 0 bridgehead atoms. The van der Waals surface area contributed by atoms with Gasteiger partial charge in [0, 0.05) is 19.4 Å². The van der Waals surface area contributed by atoms with E-state index in [1.54, 1.807) is 14.0 Å². The van der Waals surface area contributed by atoms with Gasteiger partial charge in [-0.3, -0.25) is 4.79 Å². The molecule has 1 atom stereocenters. The molecular weight excluding hydrogens is 238 g/mol. The van der Waals surface area contributed by atoms with Crippen LogP contribution >= 0.6 is 11.8 Å². The summed E-state index contributed by atoms with van der Waals surface area (Å²) in [5, 5.41) is 12.8. The van der Waals surface area contributed by atoms with Crippen molar-refractivity contribution in [3.63, 3.8) is 0 Å². The highest BCUT2D eigenvalue weighted by atomic mass is 32.2. The number of amides is 1. The van der Waals surface area contributed by atoms with Crippen LogP contribution in [0.3, 0.4) is 0 Å². The molecule has 0 aliphatic carbocycles. The highest BCUT2D eigenvalue weighted by Crippen LogP contribution is 2.15. The van der Waals surface area contributed by atoms with Gasteiger partial charge in [0.2, 0.25) is 5.91 Å². The Hall–Kier alpha value is -0.260. The van der Waals surface area contributed by atoms with Crippen molar-refractivity contribution >= 4 is 17.7 Å². The smallest absolute Gasteiger partial charge is 0.230 e. The third-order valence-electron chi connectivity index (χ3n) is 2.18. The van der Waals surface area contributed by atoms with Crippen LogP contribution in [0.15, 0.2) is 0 Å². The highest BCUT2D eigenvalue weighted by molar-refractivity contribution is 7.99. The molecule has 102 valence electrons. The second-order valence-corrected chi connectivity index (χ2v) is 6.02. The van der Waals surface area contributed by atoms with Crippen LogP contribution in [-0.2, 0) is 9.53 Å². The van der Waals surface area contributed by atoms with Crippen molar-refractivity contribution in [2.45, 2.75) is 32.8 Å². The van der Waals surface area contributed by atoms with Crippen LogP contribution in [0.2, 0.25) is 0 Å². The summed E-state index contributed by atoms with van der Waals surface area (Å²) >= 11 is 1.53. The van der Waals surface area contributed by atoms with Crippen LogP contribution in [-0.4, -0.2) is 48.4 Å². The second kappa shape index (κ2) is 8.78. The molecule has 0 rings (SSSR count). The minimum absolute atomic E-state index is 0.0323. The summed E-state index contributed by atoms with van der Waals surface area (Å²) in [5.74, 6) is 1.61. The molecular formula is C12H25NO3S. The lowest BCUT2D eigenvalue weighted by atomic mass is 9.94. The number of aliphatic hydroxyl groups is 1. The van der Waals surface area contributed by atoms with Gasteiger partial charge in [0.15, 0.2) is 0 Å². The number of carbonyl (C=O) groups is 1. The monoisotopic (exact) mass is 263 g/mol. The minimum atomic E-state index is -0.818. The fourth-order valence-corrected chi connectivity index (χ4v) is 2.32. The summed E-state index contributed by atoms with van der Waals surface area (Å²) in [6.45, 7) is 6.83. The number of carbonyl (C=O) groups excluding carboxylic acids is 1. The van der Waals surface area contributed by atoms with Crippen LogP contribution in [0.1, 0.15) is 27.2 Å². The van der Waals surface area contributed by atoms with E-state index < -0.39 is 5.60 Å². The van der Waals surface area contributed by atoms with E-state index in [1.807, 2.05) is 0 Å². The summed E-state index contributed by atoms with van der Waals surface area (Å²) in [4.78, 5) is 11.5. The number of hydrogen-bond acceptors (Lipinski definition) is 4. The molecule has 0 aromatic heterocycles. The van der Waals surface area contributed by atoms with E-state index in [0.29, 0.717) is 31.2 Å². The summed E-state index contributed by atoms with van der Waals surface area (Å²) in [5.41, 5.74) is -0.818. The van der Waals surface area contributed by atoms with Crippen molar-refractivity contribution in [2.24, 2.45) is 5.92 Å². The Bertz CT molecular complexity index is 220. The molecule has 0 saturated carbocycles. The number of ether oxygens (including phenoxy) is 1. The molecule has 0 fully saturated rings. The predicted octanol–water partition coefficient (Wildman–Crippen LogP) is 1.28. The van der Waals surface area contributed by atoms with Gasteiger partial charge in [-0.1, -0.05) is 13.8 Å². The largest absolute Gasteiger partial charge is 0.388 e. The first-order valence-corrected chi connectivity index (χ1v) is 7.08. The standard InChI is InChI=1S/C12H25NO3S/c1-10(2)7-12(3,15)9-13-11(14)8-17-6-5-16-4/h10,15H,5-9H2,1-4H3,(H,13,14). The first-order valence-electron chi connectivity index (χ1n) is 5.93. The number of hydrogen-bond donors (Lipinski definition) is 2. The summed E-state index contributed by atoms with van der Waals surface area (Å²) < 4.78 is 4.89. The van der Waals surface area contributed by atoms with Crippen LogP contribution in [0.25, 0.3) is 0 Å². The van der Waals surface area contributed by atoms with Gasteiger partial charge in [0.1, 0.15) is 0 Å². The average molecular weight is 263 g/mol. The molecule has 0 spiro atoms. The van der Waals surface area contributed by atoms with E-state index in [0.717, 1.165) is 5.75 Å². The van der Waals surface area contributed by atoms with E-state index in [9.17, 15) is 9.90 Å². The number of nitrogens with one attached hydrogen (secondary N) is 1. The normalized spacial score (nSPS) is 14.7. The van der Waals surface area contributed by atoms with E-state index in [4.69, 9.17) is 4.74 Å². The molecule has 0 aliphatic heterocycles. The Labute approximate surface area is 108 Å². The Morgan fingerprint density at radius 2 is 2.18 bits per heavy atom. The van der Waals surface area contributed by atoms with Crippen molar-refractivity contribution in [3.8, 4) is 0 Å². The summed E-state index contributed by atoms with van der Waals surface area (Å²) in [6, 6.07) is 0. The summed E-state index contributed by atoms with van der Waals surface area (Å²) in [7, 11) is 1.64. The molecule has 1 amide bonds. The lowest BCUT2D eigenvalue weighted by Gasteiger charge is -2.25. The van der Waals surface area contributed by atoms with Crippen LogP contribution in [0.4, 0.5) is 0 Å². The number of methoxy groups -OCH3 is 1. The zero-order valence-electron chi connectivity index (χ0n) is 11.3. The molecule has 5 heteroatoms. The number of rotatable bonds is 9. The minimum Gasteiger partial charge on any atom is -0.388 e. The fraction of sp³-hybridized carbons (Fsp3) is 0.917. The van der Waals surface area contributed by atoms with Crippen molar-refractivity contribution in [1.29, 1.82) is 0 Å². The van der Waals surface area contributed by atoms with Crippen LogP contribution in [0.5, 0.6) is 0 Å². The highest BCUT2D eigenvalue weighted by Gasteiger charge is 2.22. The third kappa shape index (κ3) is 10.6. The molecule has 0 aliphatic rings. The summed E-state index contributed by atoms with van der Waals surface area (Å²) in [6.07, 6.45) is 0.685. The lowest BCUT2D eigenvalue weighted by molar-refractivity contribution is -0.119. The van der Waals surface area contributed by atoms with Gasteiger partial charge in [0.05, 0.1) is 18.0 Å². The Morgan fingerprint density at radius 1 is 1.53 bits per heavy atom. The quantitative estimate of drug-likeness (QED) is 0.615.